The Morgan fingerprint density at radius 1 is 1.30 bits per heavy atom. The molecule has 1 aliphatic rings. The van der Waals surface area contributed by atoms with Gasteiger partial charge >= 0.3 is 0 Å². The van der Waals surface area contributed by atoms with E-state index in [4.69, 9.17) is 27.7 Å². The molecular weight excluding hydrogens is 394 g/mol. The van der Waals surface area contributed by atoms with Crippen molar-refractivity contribution in [3.63, 3.8) is 0 Å². The van der Waals surface area contributed by atoms with Crippen LogP contribution in [0.25, 0.3) is 5.57 Å². The lowest BCUT2D eigenvalue weighted by Crippen LogP contribution is -1.97. The molecule has 0 radical (unpaired) electrons. The molecule has 0 amide bonds. The van der Waals surface area contributed by atoms with Crippen LogP contribution in [0.5, 0.6) is 0 Å². The van der Waals surface area contributed by atoms with Crippen LogP contribution in [0.3, 0.4) is 0 Å². The second kappa shape index (κ2) is 13.1. The van der Waals surface area contributed by atoms with Crippen molar-refractivity contribution in [3.05, 3.63) is 63.9 Å². The van der Waals surface area contributed by atoms with E-state index in [1.54, 1.807) is 18.5 Å². The molecule has 30 heavy (non-hydrogen) atoms. The van der Waals surface area contributed by atoms with Crippen molar-refractivity contribution in [3.8, 4) is 6.07 Å². The first kappa shape index (κ1) is 25.7. The Labute approximate surface area is 186 Å². The zero-order valence-electron chi connectivity index (χ0n) is 18.7. The summed E-state index contributed by atoms with van der Waals surface area (Å²) in [6.07, 6.45) is 9.75. The third kappa shape index (κ3) is 7.82. The van der Waals surface area contributed by atoms with Gasteiger partial charge in [0.2, 0.25) is 0 Å². The number of aromatic nitrogens is 1. The zero-order valence-corrected chi connectivity index (χ0v) is 19.5. The first-order valence-electron chi connectivity index (χ1n) is 10.4. The molecule has 5 heteroatoms. The Balaban J connectivity index is 0.000000372. The Hall–Kier alpha value is -2.35. The number of nitrogen functional groups attached to an aromatic ring is 1. The number of aliphatic hydroxyl groups excluding tert-OH is 1. The van der Waals surface area contributed by atoms with Crippen molar-refractivity contribution in [1.29, 1.82) is 5.26 Å². The molecule has 0 bridgehead atoms. The van der Waals surface area contributed by atoms with Crippen molar-refractivity contribution >= 4 is 22.9 Å². The van der Waals surface area contributed by atoms with E-state index in [1.165, 1.54) is 30.0 Å². The molecule has 1 heterocycles. The number of hydrogen-bond acceptors (Lipinski definition) is 4. The van der Waals surface area contributed by atoms with E-state index in [9.17, 15) is 0 Å². The van der Waals surface area contributed by atoms with Gasteiger partial charge in [0.25, 0.3) is 0 Å². The van der Waals surface area contributed by atoms with Gasteiger partial charge in [0.1, 0.15) is 0 Å². The lowest BCUT2D eigenvalue weighted by Gasteiger charge is -2.14. The van der Waals surface area contributed by atoms with Crippen molar-refractivity contribution in [2.45, 2.75) is 66.4 Å². The van der Waals surface area contributed by atoms with Gasteiger partial charge in [0.05, 0.1) is 29.1 Å². The fourth-order valence-corrected chi connectivity index (χ4v) is 3.71. The smallest absolute Gasteiger partial charge is 0.0745 e. The standard InChI is InChI=1S/C17H19ClN2.C6H12O.C2H3N/c1-4-5-14(13-7-6-11(2)8-12(13)3)15-9-20-10-16(19)17(15)18;1-5-2-3-6(7)4-5;1-2-3/h5-10H,4,19H2,1-3H3;5-7H,2-4H2,1H3;1H3/b14-5+;;. The van der Waals surface area contributed by atoms with Crippen LogP contribution in [-0.2, 0) is 0 Å². The third-order valence-electron chi connectivity index (χ3n) is 4.94. The Kier molecular flexibility index (Phi) is 11.2. The molecule has 1 aromatic heterocycles. The molecule has 1 saturated carbocycles. The maximum Gasteiger partial charge on any atom is 0.0745 e. The van der Waals surface area contributed by atoms with Gasteiger partial charge in [0, 0.05) is 18.7 Å². The maximum absolute atomic E-state index is 8.90. The predicted molar refractivity (Wildman–Crippen MR) is 127 cm³/mol. The molecular formula is C25H34ClN3O. The van der Waals surface area contributed by atoms with E-state index in [0.29, 0.717) is 10.7 Å². The van der Waals surface area contributed by atoms with Crippen molar-refractivity contribution < 1.29 is 5.11 Å². The molecule has 162 valence electrons. The van der Waals surface area contributed by atoms with Crippen LogP contribution in [0.2, 0.25) is 5.02 Å². The highest BCUT2D eigenvalue weighted by atomic mass is 35.5. The van der Waals surface area contributed by atoms with Gasteiger partial charge in [-0.3, -0.25) is 4.98 Å². The summed E-state index contributed by atoms with van der Waals surface area (Å²) < 4.78 is 0. The lowest BCUT2D eigenvalue weighted by molar-refractivity contribution is 0.179. The average molecular weight is 428 g/mol. The summed E-state index contributed by atoms with van der Waals surface area (Å²) >= 11 is 6.35. The number of nitrogens with two attached hydrogens (primary N) is 1. The number of anilines is 1. The molecule has 0 spiro atoms. The highest BCUT2D eigenvalue weighted by Gasteiger charge is 2.17. The number of nitriles is 1. The fraction of sp³-hybridized carbons (Fsp3) is 0.440. The molecule has 2 unspecified atom stereocenters. The first-order valence-corrected chi connectivity index (χ1v) is 10.8. The van der Waals surface area contributed by atoms with Crippen LogP contribution in [-0.4, -0.2) is 16.2 Å². The number of aryl methyl sites for hydroxylation is 2. The number of rotatable bonds is 3. The summed E-state index contributed by atoms with van der Waals surface area (Å²) in [5, 5.41) is 16.8. The molecule has 4 nitrogen and oxygen atoms in total. The van der Waals surface area contributed by atoms with E-state index < -0.39 is 0 Å². The lowest BCUT2D eigenvalue weighted by atomic mass is 9.93. The van der Waals surface area contributed by atoms with Crippen LogP contribution in [0.15, 0.2) is 36.7 Å². The Morgan fingerprint density at radius 3 is 2.43 bits per heavy atom. The summed E-state index contributed by atoms with van der Waals surface area (Å²) in [5.41, 5.74) is 12.0. The van der Waals surface area contributed by atoms with Crippen LogP contribution >= 0.6 is 11.6 Å². The molecule has 2 atom stereocenters. The average Bonchev–Trinajstić information content (AvgIpc) is 3.07. The topological polar surface area (TPSA) is 82.9 Å². The quantitative estimate of drug-likeness (QED) is 0.587. The molecule has 2 aromatic rings. The molecule has 3 rings (SSSR count). The minimum Gasteiger partial charge on any atom is -0.396 e. The molecule has 0 saturated heterocycles. The van der Waals surface area contributed by atoms with Gasteiger partial charge in [0.15, 0.2) is 0 Å². The summed E-state index contributed by atoms with van der Waals surface area (Å²) in [6.45, 7) is 9.93. The normalized spacial score (nSPS) is 17.9. The minimum atomic E-state index is 0.0231. The van der Waals surface area contributed by atoms with Crippen LogP contribution in [0.4, 0.5) is 5.69 Å². The number of benzene rings is 1. The number of nitrogens with zero attached hydrogens (tertiary/aromatic N) is 2. The van der Waals surface area contributed by atoms with Gasteiger partial charge in [-0.2, -0.15) is 5.26 Å². The Bertz CT molecular complexity index is 878. The number of allylic oxidation sites excluding steroid dienone is 1. The van der Waals surface area contributed by atoms with E-state index >= 15 is 0 Å². The second-order valence-corrected chi connectivity index (χ2v) is 8.11. The van der Waals surface area contributed by atoms with Gasteiger partial charge in [-0.1, -0.05) is 55.3 Å². The summed E-state index contributed by atoms with van der Waals surface area (Å²) in [6, 6.07) is 8.16. The SMILES string of the molecule is CC#N.CC/C=C(\c1ccc(C)cc1C)c1cncc(N)c1Cl.CC1CCC(O)C1. The number of halogens is 1. The molecule has 0 aliphatic heterocycles. The molecule has 1 fully saturated rings. The van der Waals surface area contributed by atoms with Crippen molar-refractivity contribution in [2.24, 2.45) is 5.92 Å². The highest BCUT2D eigenvalue weighted by molar-refractivity contribution is 6.35. The number of pyridine rings is 1. The fourth-order valence-electron chi connectivity index (χ4n) is 3.51. The highest BCUT2D eigenvalue weighted by Crippen LogP contribution is 2.34. The van der Waals surface area contributed by atoms with E-state index in [-0.39, 0.29) is 6.10 Å². The van der Waals surface area contributed by atoms with Crippen molar-refractivity contribution in [2.75, 3.05) is 5.73 Å². The summed E-state index contributed by atoms with van der Waals surface area (Å²) in [4.78, 5) is 4.17. The van der Waals surface area contributed by atoms with Crippen LogP contribution in [0.1, 0.15) is 68.7 Å². The molecule has 1 aromatic carbocycles. The maximum atomic E-state index is 8.90. The van der Waals surface area contributed by atoms with Gasteiger partial charge in [-0.05, 0) is 62.1 Å². The van der Waals surface area contributed by atoms with Crippen molar-refractivity contribution in [1.82, 2.24) is 4.98 Å². The van der Waals surface area contributed by atoms with E-state index in [2.05, 4.69) is 57.0 Å². The van der Waals surface area contributed by atoms with Gasteiger partial charge < -0.3 is 10.8 Å². The number of hydrogen-bond donors (Lipinski definition) is 2. The largest absolute Gasteiger partial charge is 0.396 e. The van der Waals surface area contributed by atoms with Crippen LogP contribution < -0.4 is 5.73 Å². The van der Waals surface area contributed by atoms with Gasteiger partial charge in [-0.15, -0.1) is 0 Å². The van der Waals surface area contributed by atoms with E-state index in [0.717, 1.165) is 36.3 Å². The Morgan fingerprint density at radius 2 is 1.97 bits per heavy atom. The zero-order chi connectivity index (χ0) is 22.7. The monoisotopic (exact) mass is 427 g/mol. The second-order valence-electron chi connectivity index (χ2n) is 7.73. The minimum absolute atomic E-state index is 0.0231. The molecule has 1 aliphatic carbocycles. The first-order chi connectivity index (χ1) is 14.2. The number of aliphatic hydroxyl groups is 1. The van der Waals surface area contributed by atoms with E-state index in [1.807, 2.05) is 0 Å². The summed E-state index contributed by atoms with van der Waals surface area (Å²) in [5.74, 6) is 0.773. The molecule has 3 N–H and O–H groups in total. The predicted octanol–water partition coefficient (Wildman–Crippen LogP) is 6.47. The van der Waals surface area contributed by atoms with Gasteiger partial charge in [-0.25, -0.2) is 0 Å². The summed E-state index contributed by atoms with van der Waals surface area (Å²) in [7, 11) is 0. The third-order valence-corrected chi connectivity index (χ3v) is 5.37. The van der Waals surface area contributed by atoms with Crippen LogP contribution in [0, 0.1) is 31.1 Å².